The van der Waals surface area contributed by atoms with E-state index in [9.17, 15) is 9.18 Å². The molecule has 0 spiro atoms. The summed E-state index contributed by atoms with van der Waals surface area (Å²) in [7, 11) is 3.36. The van der Waals surface area contributed by atoms with Crippen LogP contribution in [0.2, 0.25) is 0 Å². The Bertz CT molecular complexity index is 2690. The summed E-state index contributed by atoms with van der Waals surface area (Å²) in [6.45, 7) is 5.73. The summed E-state index contributed by atoms with van der Waals surface area (Å²) in [5.41, 5.74) is 2.62. The molecule has 5 aliphatic heterocycles. The summed E-state index contributed by atoms with van der Waals surface area (Å²) in [5.74, 6) is -0.219. The minimum Gasteiger partial charge on any atom is -0.378 e. The zero-order valence-electron chi connectivity index (χ0n) is 33.2. The molecular weight excluding hydrogens is 780 g/mol. The molecular formula is C41H42F3N13O3. The van der Waals surface area contributed by atoms with Crippen molar-refractivity contribution in [3.05, 3.63) is 72.1 Å². The number of likely N-dealkylation sites (tertiary alicyclic amines) is 1. The van der Waals surface area contributed by atoms with Gasteiger partial charge in [-0.2, -0.15) is 15.1 Å². The van der Waals surface area contributed by atoms with Crippen molar-refractivity contribution >= 4 is 45.7 Å². The fourth-order valence-electron chi connectivity index (χ4n) is 9.86. The van der Waals surface area contributed by atoms with Crippen molar-refractivity contribution in [3.8, 4) is 16.9 Å². The van der Waals surface area contributed by atoms with Crippen molar-refractivity contribution in [2.45, 2.75) is 62.6 Å². The molecule has 1 N–H and O–H groups in total. The lowest BCUT2D eigenvalue weighted by Gasteiger charge is -2.42. The maximum absolute atomic E-state index is 15.4. The standard InChI is InChI=1S/C41H42F3N13O3/c1-21-47-33-10-23(43)8-29-32-6-7-45-40(49-32)48-24-11-35(39(58)52(2)17-28(59-3)18-53(21)36(29)33)56(14-24)37-30-13-46-57(34-5-4-22(42)9-31(34)44)38(30)51-41(50-37)55-16-25-12-26(55)15-54(25)27-19-60-20-27/h4-10,13,24-28,35H,11-12,14-20H2,1-3H3,(H,45,48,49)/t24-,25+,26+,28-,35-/m0/s1. The first-order valence-corrected chi connectivity index (χ1v) is 20.2. The molecule has 19 heteroatoms. The zero-order chi connectivity index (χ0) is 41.0. The lowest BCUT2D eigenvalue weighted by atomic mass is 10.1. The summed E-state index contributed by atoms with van der Waals surface area (Å²) >= 11 is 0. The Morgan fingerprint density at radius 1 is 0.883 bits per heavy atom. The van der Waals surface area contributed by atoms with Crippen LogP contribution in [0.5, 0.6) is 0 Å². The second kappa shape index (κ2) is 14.1. The van der Waals surface area contributed by atoms with Crippen molar-refractivity contribution in [2.75, 3.05) is 68.7 Å². The minimum absolute atomic E-state index is 0.0327. The van der Waals surface area contributed by atoms with Crippen LogP contribution in [0.4, 0.5) is 30.9 Å². The molecule has 310 valence electrons. The number of piperazine rings is 1. The number of imidazole rings is 1. The average molecular weight is 822 g/mol. The van der Waals surface area contributed by atoms with E-state index in [1.165, 1.54) is 28.9 Å². The summed E-state index contributed by atoms with van der Waals surface area (Å²) < 4.78 is 59.6. The van der Waals surface area contributed by atoms with E-state index in [1.54, 1.807) is 37.5 Å². The predicted octanol–water partition coefficient (Wildman–Crippen LogP) is 3.56. The topological polar surface area (TPSA) is 148 Å². The van der Waals surface area contributed by atoms with Crippen LogP contribution in [0.25, 0.3) is 39.0 Å². The van der Waals surface area contributed by atoms with E-state index in [1.807, 2.05) is 16.4 Å². The first-order valence-electron chi connectivity index (χ1n) is 20.2. The van der Waals surface area contributed by atoms with Gasteiger partial charge in [0, 0.05) is 82.4 Å². The summed E-state index contributed by atoms with van der Waals surface area (Å²) in [6.07, 6.45) is 4.04. The number of carbonyl (C=O) groups is 1. The van der Waals surface area contributed by atoms with Gasteiger partial charge >= 0.3 is 0 Å². The Morgan fingerprint density at radius 2 is 1.75 bits per heavy atom. The molecule has 60 heavy (non-hydrogen) atoms. The summed E-state index contributed by atoms with van der Waals surface area (Å²) in [6, 6.07) is 7.73. The molecule has 0 saturated carbocycles. The number of nitrogens with zero attached hydrogens (tertiary/aromatic N) is 12. The molecule has 11 rings (SSSR count). The van der Waals surface area contributed by atoms with E-state index in [4.69, 9.17) is 24.4 Å². The number of amides is 1. The number of aryl methyl sites for hydroxylation is 1. The Balaban J connectivity index is 1.02. The number of hydrogen-bond donors (Lipinski definition) is 1. The molecule has 5 atom stereocenters. The molecule has 1 amide bonds. The highest BCUT2D eigenvalue weighted by Gasteiger charge is 2.49. The normalized spacial score (nSPS) is 24.7. The van der Waals surface area contributed by atoms with Crippen molar-refractivity contribution in [1.82, 2.24) is 49.1 Å². The Labute approximate surface area is 341 Å². The lowest BCUT2D eigenvalue weighted by Crippen LogP contribution is -2.57. The second-order valence-corrected chi connectivity index (χ2v) is 16.5. The average Bonchev–Trinajstić information content (AvgIpc) is 4.05. The summed E-state index contributed by atoms with van der Waals surface area (Å²) in [5, 5.41) is 8.55. The molecule has 16 nitrogen and oxygen atoms in total. The van der Waals surface area contributed by atoms with E-state index in [0.717, 1.165) is 32.2 Å². The molecule has 0 aliphatic carbocycles. The molecule has 0 unspecified atom stereocenters. The van der Waals surface area contributed by atoms with E-state index in [2.05, 4.69) is 30.2 Å². The molecule has 9 heterocycles. The van der Waals surface area contributed by atoms with Gasteiger partial charge in [0.1, 0.15) is 35.0 Å². The number of benzene rings is 2. The molecule has 4 saturated heterocycles. The van der Waals surface area contributed by atoms with Crippen LogP contribution in [0.15, 0.2) is 48.8 Å². The third kappa shape index (κ3) is 6.03. The molecule has 4 aromatic heterocycles. The second-order valence-electron chi connectivity index (χ2n) is 16.5. The third-order valence-corrected chi connectivity index (χ3v) is 12.9. The monoisotopic (exact) mass is 821 g/mol. The van der Waals surface area contributed by atoms with Gasteiger partial charge in [-0.3, -0.25) is 9.69 Å². The first kappa shape index (κ1) is 37.1. The van der Waals surface area contributed by atoms with Crippen molar-refractivity contribution in [2.24, 2.45) is 0 Å². The maximum atomic E-state index is 15.4. The van der Waals surface area contributed by atoms with Crippen LogP contribution in [-0.4, -0.2) is 145 Å². The molecule has 4 fully saturated rings. The Hall–Kier alpha value is -5.92. The number of halogens is 3. The zero-order valence-corrected chi connectivity index (χ0v) is 33.2. The number of rotatable bonds is 5. The SMILES string of the molecule is CO[C@H]1CN(C)C(=O)[C@@H]2C[C@@H](CN2c2nc(N3C[C@H]4C[C@@H]3CN4C3COC3)nc3c2cnn3-c2ccc(F)cc2F)Nc2nccc(n2)-c2cc(F)cc3nc(C)n(c23)C1. The van der Waals surface area contributed by atoms with E-state index >= 15 is 8.78 Å². The minimum atomic E-state index is -0.791. The number of likely N-dealkylation sites (N-methyl/N-ethyl adjacent to an activating group) is 1. The van der Waals surface area contributed by atoms with Crippen LogP contribution in [-0.2, 0) is 20.8 Å². The predicted molar refractivity (Wildman–Crippen MR) is 214 cm³/mol. The number of ether oxygens (including phenoxy) is 2. The summed E-state index contributed by atoms with van der Waals surface area (Å²) in [4.78, 5) is 47.6. The highest BCUT2D eigenvalue weighted by Crippen LogP contribution is 2.40. The number of methoxy groups -OCH3 is 1. The van der Waals surface area contributed by atoms with Crippen molar-refractivity contribution in [1.29, 1.82) is 0 Å². The van der Waals surface area contributed by atoms with Gasteiger partial charge in [0.05, 0.1) is 60.2 Å². The van der Waals surface area contributed by atoms with E-state index in [-0.39, 0.29) is 30.2 Å². The van der Waals surface area contributed by atoms with Gasteiger partial charge in [-0.05, 0) is 44.0 Å². The third-order valence-electron chi connectivity index (χ3n) is 12.9. The quantitative estimate of drug-likeness (QED) is 0.271. The number of nitrogens with one attached hydrogen (secondary N) is 1. The Kier molecular flexibility index (Phi) is 8.71. The Morgan fingerprint density at radius 3 is 2.52 bits per heavy atom. The molecule has 5 aliphatic rings. The van der Waals surface area contributed by atoms with Gasteiger partial charge in [0.2, 0.25) is 17.8 Å². The smallest absolute Gasteiger partial charge is 0.245 e. The molecule has 2 aromatic carbocycles. The number of anilines is 3. The van der Waals surface area contributed by atoms with Crippen LogP contribution >= 0.6 is 0 Å². The van der Waals surface area contributed by atoms with Crippen LogP contribution in [0, 0.1) is 24.4 Å². The van der Waals surface area contributed by atoms with Crippen LogP contribution < -0.4 is 15.1 Å². The number of hydrogen-bond acceptors (Lipinski definition) is 13. The van der Waals surface area contributed by atoms with Gasteiger partial charge < -0.3 is 34.1 Å². The van der Waals surface area contributed by atoms with Gasteiger partial charge in [0.25, 0.3) is 0 Å². The fourth-order valence-corrected chi connectivity index (χ4v) is 9.86. The van der Waals surface area contributed by atoms with Crippen molar-refractivity contribution < 1.29 is 27.4 Å². The highest BCUT2D eigenvalue weighted by atomic mass is 19.1. The van der Waals surface area contributed by atoms with Crippen molar-refractivity contribution in [3.63, 3.8) is 0 Å². The largest absolute Gasteiger partial charge is 0.378 e. The number of aromatic nitrogens is 8. The lowest BCUT2D eigenvalue weighted by molar-refractivity contribution is -0.132. The molecule has 0 radical (unpaired) electrons. The van der Waals surface area contributed by atoms with Gasteiger partial charge in [-0.15, -0.1) is 0 Å². The van der Waals surface area contributed by atoms with Crippen LogP contribution in [0.3, 0.4) is 0 Å². The van der Waals surface area contributed by atoms with Gasteiger partial charge in [-0.1, -0.05) is 0 Å². The van der Waals surface area contributed by atoms with E-state index in [0.29, 0.717) is 95.0 Å². The molecule has 6 bridgehead atoms. The van der Waals surface area contributed by atoms with Crippen LogP contribution in [0.1, 0.15) is 18.7 Å². The van der Waals surface area contributed by atoms with E-state index < -0.39 is 29.6 Å². The number of fused-ring (bicyclic) bond motifs is 8. The number of carbonyl (C=O) groups excluding carboxylic acids is 1. The van der Waals surface area contributed by atoms with Gasteiger partial charge in [-0.25, -0.2) is 32.8 Å². The molecule has 6 aromatic rings. The van der Waals surface area contributed by atoms with Gasteiger partial charge in [0.15, 0.2) is 11.5 Å². The fraction of sp³-hybridized carbons (Fsp3) is 0.439. The first-order chi connectivity index (χ1) is 29.1. The maximum Gasteiger partial charge on any atom is 0.245 e. The highest BCUT2D eigenvalue weighted by molar-refractivity contribution is 5.94.